The zero-order valence-electron chi connectivity index (χ0n) is 30.9. The molecule has 0 radical (unpaired) electrons. The number of aromatic nitrogens is 4. The van der Waals surface area contributed by atoms with E-state index in [1.165, 1.54) is 75.0 Å². The fourth-order valence-corrected chi connectivity index (χ4v) is 9.98. The van der Waals surface area contributed by atoms with Crippen LogP contribution in [0.5, 0.6) is 0 Å². The van der Waals surface area contributed by atoms with E-state index in [0.29, 0.717) is 17.5 Å². The van der Waals surface area contributed by atoms with Crippen molar-refractivity contribution in [2.24, 2.45) is 0 Å². The second-order valence-corrected chi connectivity index (χ2v) is 16.0. The van der Waals surface area contributed by atoms with Crippen LogP contribution < -0.4 is 0 Å². The van der Waals surface area contributed by atoms with Gasteiger partial charge in [0.25, 0.3) is 0 Å². The van der Waals surface area contributed by atoms with E-state index in [0.717, 1.165) is 27.8 Å². The van der Waals surface area contributed by atoms with E-state index in [1.807, 2.05) is 29.5 Å². The van der Waals surface area contributed by atoms with E-state index in [2.05, 4.69) is 169 Å². The van der Waals surface area contributed by atoms with Crippen molar-refractivity contribution in [1.82, 2.24) is 19.4 Å². The van der Waals surface area contributed by atoms with Gasteiger partial charge in [-0.15, -0.1) is 11.3 Å². The van der Waals surface area contributed by atoms with Crippen LogP contribution in [-0.2, 0) is 0 Å². The Labute approximate surface area is 332 Å². The van der Waals surface area contributed by atoms with Crippen LogP contribution in [0.15, 0.2) is 176 Å². The Kier molecular flexibility index (Phi) is 6.98. The molecule has 0 spiro atoms. The molecule has 4 heterocycles. The Morgan fingerprint density at radius 3 is 1.75 bits per heavy atom. The molecule has 266 valence electrons. The largest absolute Gasteiger partial charge is 0.308 e. The van der Waals surface area contributed by atoms with Crippen molar-refractivity contribution in [3.8, 4) is 56.4 Å². The van der Waals surface area contributed by atoms with Crippen LogP contribution in [0.3, 0.4) is 0 Å². The molecule has 0 aliphatic heterocycles. The average molecular weight is 745 g/mol. The number of rotatable bonds is 5. The predicted molar refractivity (Wildman–Crippen MR) is 239 cm³/mol. The van der Waals surface area contributed by atoms with E-state index in [-0.39, 0.29) is 0 Å². The van der Waals surface area contributed by atoms with E-state index in [1.54, 1.807) is 0 Å². The van der Waals surface area contributed by atoms with Crippen LogP contribution in [0.1, 0.15) is 5.56 Å². The van der Waals surface area contributed by atoms with Crippen molar-refractivity contribution in [3.63, 3.8) is 0 Å². The van der Waals surface area contributed by atoms with Gasteiger partial charge in [0.2, 0.25) is 0 Å². The molecular formula is C52H32N4S. The summed E-state index contributed by atoms with van der Waals surface area (Å²) < 4.78 is 5.04. The molecule has 0 atom stereocenters. The SMILES string of the molecule is Cc1cccc(-c2cccc(-c3nc(-c4ccccc4)nc(-c4cccc(-c5cccc6sc7cc8c9cccc%10c%11ccccc%11n(c8cc7c56)c%109)c4)n3)c2)c1. The number of hydrogen-bond acceptors (Lipinski definition) is 4. The lowest BCUT2D eigenvalue weighted by molar-refractivity contribution is 1.07. The van der Waals surface area contributed by atoms with Crippen LogP contribution in [0.4, 0.5) is 0 Å². The lowest BCUT2D eigenvalue weighted by Crippen LogP contribution is -2.00. The Morgan fingerprint density at radius 2 is 0.965 bits per heavy atom. The molecule has 0 unspecified atom stereocenters. The lowest BCUT2D eigenvalue weighted by atomic mass is 9.97. The Bertz CT molecular complexity index is 3540. The Morgan fingerprint density at radius 1 is 0.386 bits per heavy atom. The van der Waals surface area contributed by atoms with Crippen molar-refractivity contribution in [3.05, 3.63) is 181 Å². The molecule has 8 aromatic carbocycles. The van der Waals surface area contributed by atoms with Crippen molar-refractivity contribution in [2.75, 3.05) is 0 Å². The van der Waals surface area contributed by atoms with Crippen LogP contribution in [0.25, 0.3) is 115 Å². The van der Waals surface area contributed by atoms with Gasteiger partial charge in [0.1, 0.15) is 0 Å². The molecule has 0 saturated heterocycles. The molecule has 4 aromatic heterocycles. The summed E-state index contributed by atoms with van der Waals surface area (Å²) in [7, 11) is 0. The Hall–Kier alpha value is -7.21. The van der Waals surface area contributed by atoms with Gasteiger partial charge in [-0.05, 0) is 65.6 Å². The van der Waals surface area contributed by atoms with Gasteiger partial charge in [0.05, 0.1) is 16.6 Å². The maximum Gasteiger partial charge on any atom is 0.164 e. The van der Waals surface area contributed by atoms with Gasteiger partial charge in [-0.25, -0.2) is 15.0 Å². The van der Waals surface area contributed by atoms with Crippen LogP contribution in [0, 0.1) is 6.92 Å². The molecule has 0 saturated carbocycles. The highest BCUT2D eigenvalue weighted by Gasteiger charge is 2.20. The first-order chi connectivity index (χ1) is 28.1. The number of nitrogens with zero attached hydrogens (tertiary/aromatic N) is 4. The normalized spacial score (nSPS) is 11.9. The lowest BCUT2D eigenvalue weighted by Gasteiger charge is -2.11. The van der Waals surface area contributed by atoms with Crippen molar-refractivity contribution < 1.29 is 0 Å². The number of fused-ring (bicyclic) bond motifs is 9. The summed E-state index contributed by atoms with van der Waals surface area (Å²) in [4.78, 5) is 15.3. The first-order valence-corrected chi connectivity index (χ1v) is 20.1. The summed E-state index contributed by atoms with van der Waals surface area (Å²) in [6.07, 6.45) is 0. The molecule has 0 aliphatic carbocycles. The number of benzene rings is 8. The van der Waals surface area contributed by atoms with E-state index >= 15 is 0 Å². The number of para-hydroxylation sites is 2. The molecule has 0 bridgehead atoms. The third-order valence-electron chi connectivity index (χ3n) is 11.4. The van der Waals surface area contributed by atoms with Crippen molar-refractivity contribution in [1.29, 1.82) is 0 Å². The topological polar surface area (TPSA) is 43.1 Å². The second kappa shape index (κ2) is 12.4. The van der Waals surface area contributed by atoms with Crippen LogP contribution in [-0.4, -0.2) is 19.4 Å². The first-order valence-electron chi connectivity index (χ1n) is 19.3. The summed E-state index contributed by atoms with van der Waals surface area (Å²) in [6, 6.07) is 63.0. The fourth-order valence-electron chi connectivity index (χ4n) is 8.83. The van der Waals surface area contributed by atoms with E-state index < -0.39 is 0 Å². The van der Waals surface area contributed by atoms with E-state index in [4.69, 9.17) is 15.0 Å². The van der Waals surface area contributed by atoms with E-state index in [9.17, 15) is 0 Å². The third-order valence-corrected chi connectivity index (χ3v) is 12.5. The molecule has 4 nitrogen and oxygen atoms in total. The van der Waals surface area contributed by atoms with Gasteiger partial charge < -0.3 is 4.40 Å². The number of aryl methyl sites for hydroxylation is 1. The molecule has 0 amide bonds. The smallest absolute Gasteiger partial charge is 0.164 e. The summed E-state index contributed by atoms with van der Waals surface area (Å²) >= 11 is 1.87. The summed E-state index contributed by atoms with van der Waals surface area (Å²) in [5.41, 5.74) is 12.5. The maximum absolute atomic E-state index is 5.16. The van der Waals surface area contributed by atoms with Gasteiger partial charge in [0, 0.05) is 58.4 Å². The van der Waals surface area contributed by atoms with Gasteiger partial charge in [0.15, 0.2) is 17.5 Å². The maximum atomic E-state index is 5.16. The average Bonchev–Trinajstić information content (AvgIpc) is 3.92. The summed E-state index contributed by atoms with van der Waals surface area (Å²) in [5, 5.41) is 7.75. The monoisotopic (exact) mass is 744 g/mol. The molecule has 0 aliphatic rings. The van der Waals surface area contributed by atoms with Gasteiger partial charge >= 0.3 is 0 Å². The zero-order chi connectivity index (χ0) is 37.6. The summed E-state index contributed by atoms with van der Waals surface area (Å²) in [5.74, 6) is 1.93. The summed E-state index contributed by atoms with van der Waals surface area (Å²) in [6.45, 7) is 2.12. The minimum Gasteiger partial charge on any atom is -0.308 e. The highest BCUT2D eigenvalue weighted by atomic mass is 32.1. The fraction of sp³-hybridized carbons (Fsp3) is 0.0192. The molecule has 12 rings (SSSR count). The molecule has 5 heteroatoms. The van der Waals surface area contributed by atoms with Gasteiger partial charge in [-0.1, -0.05) is 145 Å². The quantitative estimate of drug-likeness (QED) is 0.176. The van der Waals surface area contributed by atoms with Crippen molar-refractivity contribution >= 4 is 69.6 Å². The predicted octanol–water partition coefficient (Wildman–Crippen LogP) is 14.0. The molecule has 0 fully saturated rings. The van der Waals surface area contributed by atoms with Crippen LogP contribution >= 0.6 is 11.3 Å². The minimum absolute atomic E-state index is 0.642. The van der Waals surface area contributed by atoms with Gasteiger partial charge in [-0.2, -0.15) is 0 Å². The molecule has 0 N–H and O–H groups in total. The Balaban J connectivity index is 1.03. The first kappa shape index (κ1) is 32.1. The second-order valence-electron chi connectivity index (χ2n) is 14.9. The highest BCUT2D eigenvalue weighted by Crippen LogP contribution is 2.45. The minimum atomic E-state index is 0.642. The number of hydrogen-bond donors (Lipinski definition) is 0. The molecular weight excluding hydrogens is 713 g/mol. The van der Waals surface area contributed by atoms with Gasteiger partial charge in [-0.3, -0.25) is 0 Å². The zero-order valence-corrected chi connectivity index (χ0v) is 31.8. The standard InChI is InChI=1S/C52H32N4S/c1-31-12-7-15-33(26-31)34-16-8-18-36(27-34)51-53-50(32-13-3-2-4-14-32)54-52(55-51)37-19-9-17-35(28-37)38-21-11-25-46-48(38)43-29-45-42(30-47(43)57-46)41-23-10-22-40-39-20-5-6-24-44(39)56(45)49(40)41/h2-30H,1H3. The molecule has 57 heavy (non-hydrogen) atoms. The third kappa shape index (κ3) is 5.03. The van der Waals surface area contributed by atoms with Crippen LogP contribution in [0.2, 0.25) is 0 Å². The van der Waals surface area contributed by atoms with Crippen molar-refractivity contribution in [2.45, 2.75) is 6.92 Å². The number of thiophene rings is 1. The highest BCUT2D eigenvalue weighted by molar-refractivity contribution is 7.26. The molecule has 12 aromatic rings.